The topological polar surface area (TPSA) is 98.2 Å². The van der Waals surface area contributed by atoms with Crippen molar-refractivity contribution in [3.63, 3.8) is 0 Å². The van der Waals surface area contributed by atoms with Gasteiger partial charge in [0.05, 0.1) is 27.4 Å². The maximum absolute atomic E-state index is 13.9. The third-order valence-electron chi connectivity index (χ3n) is 2.38. The van der Waals surface area contributed by atoms with Crippen LogP contribution in [0.15, 0.2) is 32.3 Å². The Morgan fingerprint density at radius 3 is 2.85 bits per heavy atom. The van der Waals surface area contributed by atoms with Crippen LogP contribution in [0.5, 0.6) is 0 Å². The Morgan fingerprint density at radius 2 is 2.25 bits per heavy atom. The van der Waals surface area contributed by atoms with Crippen molar-refractivity contribution in [2.75, 3.05) is 5.73 Å². The van der Waals surface area contributed by atoms with Crippen molar-refractivity contribution in [2.45, 2.75) is 11.4 Å². The monoisotopic (exact) mass is 383 g/mol. The summed E-state index contributed by atoms with van der Waals surface area (Å²) in [4.78, 5) is -0.633. The minimum atomic E-state index is -4.12. The number of benzene rings is 1. The van der Waals surface area contributed by atoms with Crippen LogP contribution in [0.2, 0.25) is 5.02 Å². The lowest BCUT2D eigenvalue weighted by atomic mass is 10.3. The van der Waals surface area contributed by atoms with Crippen LogP contribution >= 0.6 is 27.5 Å². The highest BCUT2D eigenvalue weighted by atomic mass is 79.9. The number of nitrogens with zero attached hydrogens (tertiary/aromatic N) is 1. The van der Waals surface area contributed by atoms with Crippen molar-refractivity contribution in [1.82, 2.24) is 9.88 Å². The molecule has 0 spiro atoms. The molecular formula is C10H8BrClFN3O3S. The quantitative estimate of drug-likeness (QED) is 0.622. The molecule has 0 aliphatic rings. The molecule has 20 heavy (non-hydrogen) atoms. The lowest BCUT2D eigenvalue weighted by Gasteiger charge is -2.10. The maximum Gasteiger partial charge on any atom is 0.243 e. The van der Waals surface area contributed by atoms with Crippen molar-refractivity contribution < 1.29 is 17.3 Å². The van der Waals surface area contributed by atoms with Crippen molar-refractivity contribution in [3.05, 3.63) is 39.4 Å². The minimum Gasteiger partial charge on any atom is -0.395 e. The molecule has 0 aliphatic heterocycles. The number of sulfonamides is 1. The molecule has 0 saturated heterocycles. The van der Waals surface area contributed by atoms with Crippen molar-refractivity contribution >= 4 is 43.2 Å². The van der Waals surface area contributed by atoms with E-state index in [1.54, 1.807) is 0 Å². The predicted molar refractivity (Wildman–Crippen MR) is 74.1 cm³/mol. The third kappa shape index (κ3) is 2.95. The zero-order valence-electron chi connectivity index (χ0n) is 9.73. The Morgan fingerprint density at radius 1 is 1.55 bits per heavy atom. The summed E-state index contributed by atoms with van der Waals surface area (Å²) in [6, 6.07) is 2.45. The largest absolute Gasteiger partial charge is 0.395 e. The highest BCUT2D eigenvalue weighted by Crippen LogP contribution is 2.34. The lowest BCUT2D eigenvalue weighted by Crippen LogP contribution is -2.24. The van der Waals surface area contributed by atoms with Gasteiger partial charge in [-0.3, -0.25) is 0 Å². The van der Waals surface area contributed by atoms with E-state index in [2.05, 4.69) is 30.3 Å². The summed E-state index contributed by atoms with van der Waals surface area (Å²) in [6.07, 6.45) is 1.29. The molecule has 0 radical (unpaired) electrons. The fourth-order valence-corrected chi connectivity index (χ4v) is 3.05. The van der Waals surface area contributed by atoms with Gasteiger partial charge in [0.1, 0.15) is 11.2 Å². The molecule has 0 unspecified atom stereocenters. The van der Waals surface area contributed by atoms with Crippen LogP contribution < -0.4 is 10.5 Å². The molecule has 6 nitrogen and oxygen atoms in total. The molecule has 2 aromatic rings. The molecule has 1 aromatic carbocycles. The number of hydrogen-bond donors (Lipinski definition) is 2. The molecule has 0 amide bonds. The second kappa shape index (κ2) is 5.68. The van der Waals surface area contributed by atoms with Crippen LogP contribution in [0.4, 0.5) is 10.1 Å². The summed E-state index contributed by atoms with van der Waals surface area (Å²) in [5.74, 6) is -1.08. The number of rotatable bonds is 4. The first kappa shape index (κ1) is 15.2. The summed E-state index contributed by atoms with van der Waals surface area (Å²) in [6.45, 7) is -0.147. The third-order valence-corrected chi connectivity index (χ3v) is 5.16. The molecule has 0 fully saturated rings. The second-order valence-corrected chi connectivity index (χ2v) is 6.65. The van der Waals surface area contributed by atoms with Gasteiger partial charge in [-0.2, -0.15) is 0 Å². The summed E-state index contributed by atoms with van der Waals surface area (Å²) in [5.41, 5.74) is 5.42. The van der Waals surface area contributed by atoms with Crippen LogP contribution in [-0.4, -0.2) is 13.6 Å². The van der Waals surface area contributed by atoms with Crippen LogP contribution in [0, 0.1) is 5.82 Å². The van der Waals surface area contributed by atoms with E-state index in [0.717, 1.165) is 6.07 Å². The molecule has 2 rings (SSSR count). The Labute approximate surface area is 127 Å². The van der Waals surface area contributed by atoms with Gasteiger partial charge in [-0.1, -0.05) is 16.8 Å². The molecule has 1 aromatic heterocycles. The van der Waals surface area contributed by atoms with E-state index in [1.165, 1.54) is 12.3 Å². The zero-order chi connectivity index (χ0) is 14.9. The van der Waals surface area contributed by atoms with Gasteiger partial charge in [0.2, 0.25) is 10.0 Å². The van der Waals surface area contributed by atoms with Crippen LogP contribution in [0.1, 0.15) is 5.69 Å². The standard InChI is InChI=1S/C10H8BrClFN3O3S/c11-8-6(12)3-7(9(13)10(8)14)20(17,18)15-4-5-1-2-19-16-5/h1-3,15H,4,14H2. The second-order valence-electron chi connectivity index (χ2n) is 3.71. The molecule has 0 aliphatic carbocycles. The molecule has 10 heteroatoms. The molecular weight excluding hydrogens is 377 g/mol. The summed E-state index contributed by atoms with van der Waals surface area (Å²) >= 11 is 8.75. The highest BCUT2D eigenvalue weighted by molar-refractivity contribution is 9.10. The fourth-order valence-electron chi connectivity index (χ4n) is 1.37. The van der Waals surface area contributed by atoms with E-state index in [1.807, 2.05) is 0 Å². The Balaban J connectivity index is 2.35. The first-order valence-corrected chi connectivity index (χ1v) is 7.80. The number of anilines is 1. The van der Waals surface area contributed by atoms with E-state index >= 15 is 0 Å². The van der Waals surface area contributed by atoms with Crippen molar-refractivity contribution in [3.8, 4) is 0 Å². The van der Waals surface area contributed by atoms with E-state index in [-0.39, 0.29) is 21.7 Å². The first-order valence-electron chi connectivity index (χ1n) is 5.15. The minimum absolute atomic E-state index is 0.00860. The van der Waals surface area contributed by atoms with Gasteiger partial charge in [-0.05, 0) is 22.0 Å². The van der Waals surface area contributed by atoms with Crippen molar-refractivity contribution in [1.29, 1.82) is 0 Å². The predicted octanol–water partition coefficient (Wildman–Crippen LogP) is 2.29. The lowest BCUT2D eigenvalue weighted by molar-refractivity contribution is 0.411. The van der Waals surface area contributed by atoms with E-state index in [4.69, 9.17) is 17.3 Å². The number of nitrogens with two attached hydrogens (primary N) is 1. The number of aromatic nitrogens is 1. The molecule has 1 heterocycles. The SMILES string of the molecule is Nc1c(F)c(S(=O)(=O)NCc2ccon2)cc(Cl)c1Br. The van der Waals surface area contributed by atoms with Gasteiger partial charge in [-0.25, -0.2) is 17.5 Å². The van der Waals surface area contributed by atoms with Crippen LogP contribution in [0.25, 0.3) is 0 Å². The molecule has 108 valence electrons. The number of hydrogen-bond acceptors (Lipinski definition) is 5. The van der Waals surface area contributed by atoms with Gasteiger partial charge >= 0.3 is 0 Å². The van der Waals surface area contributed by atoms with Gasteiger partial charge < -0.3 is 10.3 Å². The van der Waals surface area contributed by atoms with E-state index in [9.17, 15) is 12.8 Å². The Bertz CT molecular complexity index is 737. The van der Waals surface area contributed by atoms with Crippen LogP contribution in [-0.2, 0) is 16.6 Å². The number of nitrogens with one attached hydrogen (secondary N) is 1. The number of halogens is 3. The molecule has 0 saturated carbocycles. The average molecular weight is 385 g/mol. The van der Waals surface area contributed by atoms with Gasteiger partial charge in [0.25, 0.3) is 0 Å². The van der Waals surface area contributed by atoms with Crippen LogP contribution in [0.3, 0.4) is 0 Å². The molecule has 0 atom stereocenters. The fraction of sp³-hybridized carbons (Fsp3) is 0.100. The normalized spacial score (nSPS) is 11.8. The molecule has 0 bridgehead atoms. The maximum atomic E-state index is 13.9. The summed E-state index contributed by atoms with van der Waals surface area (Å²) < 4.78 is 44.8. The number of nitrogen functional groups attached to an aromatic ring is 1. The summed E-state index contributed by atoms with van der Waals surface area (Å²) in [5, 5.41) is 3.52. The Hall–Kier alpha value is -1.16. The van der Waals surface area contributed by atoms with E-state index in [0.29, 0.717) is 5.69 Å². The molecule has 3 N–H and O–H groups in total. The highest BCUT2D eigenvalue weighted by Gasteiger charge is 2.24. The van der Waals surface area contributed by atoms with E-state index < -0.39 is 20.7 Å². The average Bonchev–Trinajstić information content (AvgIpc) is 2.91. The van der Waals surface area contributed by atoms with Gasteiger partial charge in [0, 0.05) is 6.07 Å². The van der Waals surface area contributed by atoms with Gasteiger partial charge in [0.15, 0.2) is 5.82 Å². The summed E-state index contributed by atoms with van der Waals surface area (Å²) in [7, 11) is -4.12. The smallest absolute Gasteiger partial charge is 0.243 e. The van der Waals surface area contributed by atoms with Gasteiger partial charge in [-0.15, -0.1) is 0 Å². The van der Waals surface area contributed by atoms with Crippen molar-refractivity contribution in [2.24, 2.45) is 0 Å². The first-order chi connectivity index (χ1) is 9.33. The Kier molecular flexibility index (Phi) is 4.33. The zero-order valence-corrected chi connectivity index (χ0v) is 12.9.